The molecule has 1 fully saturated rings. The van der Waals surface area contributed by atoms with Crippen LogP contribution in [0.15, 0.2) is 0 Å². The second-order valence-corrected chi connectivity index (χ2v) is 6.82. The third kappa shape index (κ3) is 4.46. The van der Waals surface area contributed by atoms with Crippen molar-refractivity contribution >= 4 is 5.91 Å². The average molecular weight is 269 g/mol. The van der Waals surface area contributed by atoms with Gasteiger partial charge in [0.2, 0.25) is 5.91 Å². The summed E-state index contributed by atoms with van der Waals surface area (Å²) in [5.41, 5.74) is 5.02. The lowest BCUT2D eigenvalue weighted by molar-refractivity contribution is -0.124. The van der Waals surface area contributed by atoms with Gasteiger partial charge in [0.1, 0.15) is 0 Å². The van der Waals surface area contributed by atoms with E-state index in [4.69, 9.17) is 5.73 Å². The van der Waals surface area contributed by atoms with Gasteiger partial charge in [-0.15, -0.1) is 0 Å². The number of hydrogen-bond acceptors (Lipinski definition) is 3. The molecule has 19 heavy (non-hydrogen) atoms. The van der Waals surface area contributed by atoms with Gasteiger partial charge in [-0.1, -0.05) is 13.8 Å². The maximum Gasteiger partial charge on any atom is 0.237 e. The fraction of sp³-hybridized carbons (Fsp3) is 0.933. The van der Waals surface area contributed by atoms with Gasteiger partial charge in [-0.3, -0.25) is 4.79 Å². The van der Waals surface area contributed by atoms with Crippen molar-refractivity contribution in [1.29, 1.82) is 0 Å². The highest BCUT2D eigenvalue weighted by molar-refractivity contribution is 5.84. The number of hydrogen-bond donors (Lipinski definition) is 2. The SMILES string of the molecule is CC(C)C(C)N(C)C(C)CC(C)(NC1CC1)C(N)=O. The average Bonchev–Trinajstić information content (AvgIpc) is 3.10. The Morgan fingerprint density at radius 1 is 1.37 bits per heavy atom. The van der Waals surface area contributed by atoms with Crippen LogP contribution in [0.4, 0.5) is 0 Å². The molecule has 3 N–H and O–H groups in total. The summed E-state index contributed by atoms with van der Waals surface area (Å²) in [4.78, 5) is 14.1. The van der Waals surface area contributed by atoms with Crippen molar-refractivity contribution in [3.63, 3.8) is 0 Å². The fourth-order valence-corrected chi connectivity index (χ4v) is 2.52. The van der Waals surface area contributed by atoms with E-state index in [1.807, 2.05) is 6.92 Å². The Kier molecular flexibility index (Phi) is 5.39. The Labute approximate surface area is 118 Å². The molecule has 112 valence electrons. The highest BCUT2D eigenvalue weighted by Gasteiger charge is 2.39. The minimum Gasteiger partial charge on any atom is -0.368 e. The third-order valence-electron chi connectivity index (χ3n) is 4.65. The number of carbonyl (C=O) groups is 1. The molecule has 1 aliphatic carbocycles. The Morgan fingerprint density at radius 3 is 2.26 bits per heavy atom. The number of nitrogens with one attached hydrogen (secondary N) is 1. The summed E-state index contributed by atoms with van der Waals surface area (Å²) < 4.78 is 0. The van der Waals surface area contributed by atoms with Crippen molar-refractivity contribution in [3.05, 3.63) is 0 Å². The lowest BCUT2D eigenvalue weighted by Crippen LogP contribution is -2.57. The van der Waals surface area contributed by atoms with Gasteiger partial charge in [-0.25, -0.2) is 0 Å². The third-order valence-corrected chi connectivity index (χ3v) is 4.65. The highest BCUT2D eigenvalue weighted by Crippen LogP contribution is 2.26. The smallest absolute Gasteiger partial charge is 0.237 e. The molecular weight excluding hydrogens is 238 g/mol. The van der Waals surface area contributed by atoms with Gasteiger partial charge in [0.25, 0.3) is 0 Å². The summed E-state index contributed by atoms with van der Waals surface area (Å²) in [5, 5.41) is 3.42. The van der Waals surface area contributed by atoms with Gasteiger partial charge in [-0.2, -0.15) is 0 Å². The molecule has 0 radical (unpaired) electrons. The number of nitrogens with two attached hydrogens (primary N) is 1. The zero-order valence-electron chi connectivity index (χ0n) is 13.4. The van der Waals surface area contributed by atoms with Crippen LogP contribution in [0.5, 0.6) is 0 Å². The molecule has 4 heteroatoms. The van der Waals surface area contributed by atoms with E-state index < -0.39 is 5.54 Å². The van der Waals surface area contributed by atoms with Crippen LogP contribution >= 0.6 is 0 Å². The first-order valence-electron chi connectivity index (χ1n) is 7.47. The van der Waals surface area contributed by atoms with Crippen molar-refractivity contribution in [1.82, 2.24) is 10.2 Å². The van der Waals surface area contributed by atoms with Crippen LogP contribution < -0.4 is 11.1 Å². The van der Waals surface area contributed by atoms with Crippen LogP contribution in [0.1, 0.15) is 53.9 Å². The van der Waals surface area contributed by atoms with E-state index in [2.05, 4.69) is 45.0 Å². The zero-order chi connectivity index (χ0) is 14.8. The predicted octanol–water partition coefficient (Wildman–Crippen LogP) is 1.74. The molecule has 1 amide bonds. The minimum absolute atomic E-state index is 0.239. The molecule has 1 aliphatic rings. The molecule has 0 spiro atoms. The molecule has 0 aromatic carbocycles. The monoisotopic (exact) mass is 269 g/mol. The molecule has 3 unspecified atom stereocenters. The maximum atomic E-state index is 11.8. The van der Waals surface area contributed by atoms with Crippen LogP contribution in [0.2, 0.25) is 0 Å². The van der Waals surface area contributed by atoms with Crippen LogP contribution in [-0.4, -0.2) is 41.5 Å². The summed E-state index contributed by atoms with van der Waals surface area (Å²) in [5.74, 6) is 0.362. The summed E-state index contributed by atoms with van der Waals surface area (Å²) in [6, 6.07) is 1.30. The van der Waals surface area contributed by atoms with Gasteiger partial charge in [0.15, 0.2) is 0 Å². The molecule has 0 bridgehead atoms. The second-order valence-electron chi connectivity index (χ2n) is 6.82. The lowest BCUT2D eigenvalue weighted by Gasteiger charge is -2.38. The number of carbonyl (C=O) groups excluding carboxylic acids is 1. The van der Waals surface area contributed by atoms with Gasteiger partial charge in [0, 0.05) is 18.1 Å². The van der Waals surface area contributed by atoms with Crippen molar-refractivity contribution in [2.45, 2.75) is 77.5 Å². The van der Waals surface area contributed by atoms with Crippen LogP contribution in [0.3, 0.4) is 0 Å². The number of rotatable bonds is 8. The second kappa shape index (κ2) is 6.23. The number of amides is 1. The highest BCUT2D eigenvalue weighted by atomic mass is 16.1. The molecule has 3 atom stereocenters. The topological polar surface area (TPSA) is 58.4 Å². The largest absolute Gasteiger partial charge is 0.368 e. The molecule has 0 aromatic heterocycles. The van der Waals surface area contributed by atoms with Crippen LogP contribution in [0.25, 0.3) is 0 Å². The van der Waals surface area contributed by atoms with E-state index in [9.17, 15) is 4.79 Å². The first-order valence-corrected chi connectivity index (χ1v) is 7.47. The van der Waals surface area contributed by atoms with E-state index >= 15 is 0 Å². The predicted molar refractivity (Wildman–Crippen MR) is 79.9 cm³/mol. The van der Waals surface area contributed by atoms with E-state index in [-0.39, 0.29) is 5.91 Å². The summed E-state index contributed by atoms with van der Waals surface area (Å²) in [6.07, 6.45) is 3.08. The van der Waals surface area contributed by atoms with E-state index in [0.29, 0.717) is 24.0 Å². The van der Waals surface area contributed by atoms with Crippen molar-refractivity contribution in [2.75, 3.05) is 7.05 Å². The Morgan fingerprint density at radius 2 is 1.89 bits per heavy atom. The van der Waals surface area contributed by atoms with Crippen LogP contribution in [-0.2, 0) is 4.79 Å². The Hall–Kier alpha value is -0.610. The normalized spacial score (nSPS) is 22.3. The number of nitrogens with zero attached hydrogens (tertiary/aromatic N) is 1. The standard InChI is InChI=1S/C15H31N3O/c1-10(2)12(4)18(6)11(3)9-15(5,14(16)19)17-13-7-8-13/h10-13,17H,7-9H2,1-6H3,(H2,16,19). The summed E-state index contributed by atoms with van der Waals surface area (Å²) in [6.45, 7) is 10.8. The van der Waals surface area contributed by atoms with E-state index in [0.717, 1.165) is 19.3 Å². The van der Waals surface area contributed by atoms with Gasteiger partial charge in [0.05, 0.1) is 5.54 Å². The van der Waals surface area contributed by atoms with Gasteiger partial charge >= 0.3 is 0 Å². The van der Waals surface area contributed by atoms with Crippen LogP contribution in [0, 0.1) is 5.92 Å². The zero-order valence-corrected chi connectivity index (χ0v) is 13.4. The Bertz CT molecular complexity index is 315. The fourth-order valence-electron chi connectivity index (χ4n) is 2.52. The van der Waals surface area contributed by atoms with E-state index in [1.54, 1.807) is 0 Å². The first-order chi connectivity index (χ1) is 8.67. The minimum atomic E-state index is -0.592. The van der Waals surface area contributed by atoms with Gasteiger partial charge < -0.3 is 16.0 Å². The molecule has 0 heterocycles. The number of primary amides is 1. The molecule has 0 aliphatic heterocycles. The molecular formula is C15H31N3O. The van der Waals surface area contributed by atoms with E-state index in [1.165, 1.54) is 0 Å². The van der Waals surface area contributed by atoms with Gasteiger partial charge in [-0.05, 0) is 53.0 Å². The molecule has 4 nitrogen and oxygen atoms in total. The molecule has 0 saturated heterocycles. The Balaban J connectivity index is 2.64. The summed E-state index contributed by atoms with van der Waals surface area (Å²) >= 11 is 0. The summed E-state index contributed by atoms with van der Waals surface area (Å²) in [7, 11) is 2.13. The van der Waals surface area contributed by atoms with Crippen molar-refractivity contribution in [2.24, 2.45) is 11.7 Å². The first kappa shape index (κ1) is 16.4. The van der Waals surface area contributed by atoms with Crippen molar-refractivity contribution < 1.29 is 4.79 Å². The van der Waals surface area contributed by atoms with Crippen molar-refractivity contribution in [3.8, 4) is 0 Å². The molecule has 1 saturated carbocycles. The lowest BCUT2D eigenvalue weighted by atomic mass is 9.90. The quantitative estimate of drug-likeness (QED) is 0.705. The maximum absolute atomic E-state index is 11.8. The molecule has 0 aromatic rings. The molecule has 1 rings (SSSR count).